The normalized spacial score (nSPS) is 19.9. The predicted octanol–water partition coefficient (Wildman–Crippen LogP) is 1.11. The number of aliphatic hydroxyl groups excluding tert-OH is 1. The number of nitro benzene ring substituents is 1. The number of aliphatic hydroxyl groups is 1. The van der Waals surface area contributed by atoms with Crippen LogP contribution in [-0.4, -0.2) is 41.9 Å². The molecule has 2 rings (SSSR count). The number of sulfonamides is 1. The molecule has 1 aliphatic heterocycles. The summed E-state index contributed by atoms with van der Waals surface area (Å²) in [6.45, 7) is 2.67. The molecule has 1 fully saturated rings. The fraction of sp³-hybridized carbons (Fsp3) is 0.500. The lowest BCUT2D eigenvalue weighted by Gasteiger charge is -2.19. The van der Waals surface area contributed by atoms with Crippen molar-refractivity contribution in [1.82, 2.24) is 4.31 Å². The van der Waals surface area contributed by atoms with Gasteiger partial charge < -0.3 is 5.11 Å². The highest BCUT2D eigenvalue weighted by Gasteiger charge is 2.36. The van der Waals surface area contributed by atoms with Crippen LogP contribution in [0.3, 0.4) is 0 Å². The molecule has 0 radical (unpaired) electrons. The van der Waals surface area contributed by atoms with Crippen LogP contribution >= 0.6 is 0 Å². The molecule has 9 heteroatoms. The van der Waals surface area contributed by atoms with Gasteiger partial charge in [-0.1, -0.05) is 0 Å². The monoisotopic (exact) mass is 318 g/mol. The number of β-amino-alcohol motifs (C(OH)–C–C–N with tert-alkyl or cyclic N) is 1. The Hall–Kier alpha value is -1.58. The van der Waals surface area contributed by atoms with Crippen molar-refractivity contribution in [3.05, 3.63) is 33.1 Å². The third kappa shape index (κ3) is 2.63. The topological polar surface area (TPSA) is 101 Å². The second-order valence-electron chi connectivity index (χ2n) is 5.04. The van der Waals surface area contributed by atoms with Crippen molar-refractivity contribution in [3.63, 3.8) is 0 Å². The lowest BCUT2D eigenvalue weighted by molar-refractivity contribution is -0.388. The molecule has 0 bridgehead atoms. The molecule has 1 saturated heterocycles. The highest BCUT2D eigenvalue weighted by atomic mass is 32.2. The Morgan fingerprint density at radius 3 is 2.57 bits per heavy atom. The molecule has 1 unspecified atom stereocenters. The zero-order valence-corrected chi connectivity index (χ0v) is 12.4. The summed E-state index contributed by atoms with van der Waals surface area (Å²) in [6, 6.07) is 0.852. The Balaban J connectivity index is 2.64. The first-order valence-corrected chi connectivity index (χ1v) is 7.72. The summed E-state index contributed by atoms with van der Waals surface area (Å²) in [5, 5.41) is 20.4. The van der Waals surface area contributed by atoms with Gasteiger partial charge >= 0.3 is 5.69 Å². The maximum Gasteiger partial charge on any atom is 0.309 e. The van der Waals surface area contributed by atoms with Crippen molar-refractivity contribution in [2.45, 2.75) is 31.3 Å². The van der Waals surface area contributed by atoms with Crippen molar-refractivity contribution in [2.75, 3.05) is 13.1 Å². The van der Waals surface area contributed by atoms with Crippen molar-refractivity contribution >= 4 is 15.7 Å². The van der Waals surface area contributed by atoms with Gasteiger partial charge in [0.25, 0.3) is 0 Å². The summed E-state index contributed by atoms with van der Waals surface area (Å²) in [6.07, 6.45) is -0.448. The molecule has 0 aliphatic carbocycles. The minimum atomic E-state index is -4.00. The first-order chi connectivity index (χ1) is 9.66. The van der Waals surface area contributed by atoms with Gasteiger partial charge in [-0.3, -0.25) is 10.1 Å². The zero-order chi connectivity index (χ0) is 15.9. The van der Waals surface area contributed by atoms with Crippen LogP contribution < -0.4 is 0 Å². The van der Waals surface area contributed by atoms with Crippen LogP contribution in [-0.2, 0) is 10.0 Å². The first-order valence-electron chi connectivity index (χ1n) is 6.28. The van der Waals surface area contributed by atoms with E-state index in [9.17, 15) is 28.0 Å². The highest BCUT2D eigenvalue weighted by Crippen LogP contribution is 2.33. The smallest absolute Gasteiger partial charge is 0.309 e. The van der Waals surface area contributed by atoms with Gasteiger partial charge in [0.1, 0.15) is 0 Å². The van der Waals surface area contributed by atoms with E-state index in [2.05, 4.69) is 0 Å². The van der Waals surface area contributed by atoms with Gasteiger partial charge in [-0.2, -0.15) is 8.70 Å². The third-order valence-corrected chi connectivity index (χ3v) is 5.69. The lowest BCUT2D eigenvalue weighted by Crippen LogP contribution is -2.31. The molecule has 1 atom stereocenters. The molecule has 21 heavy (non-hydrogen) atoms. The number of nitro groups is 1. The van der Waals surface area contributed by atoms with Crippen molar-refractivity contribution in [1.29, 1.82) is 0 Å². The van der Waals surface area contributed by atoms with Crippen LogP contribution in [0.1, 0.15) is 17.5 Å². The number of hydrogen-bond donors (Lipinski definition) is 1. The molecule has 0 amide bonds. The predicted molar refractivity (Wildman–Crippen MR) is 71.9 cm³/mol. The summed E-state index contributed by atoms with van der Waals surface area (Å²) in [5.74, 6) is -1.06. The molecular weight excluding hydrogens is 303 g/mol. The van der Waals surface area contributed by atoms with Crippen LogP contribution in [0, 0.1) is 29.8 Å². The van der Waals surface area contributed by atoms with Crippen LogP contribution in [0.15, 0.2) is 11.0 Å². The fourth-order valence-electron chi connectivity index (χ4n) is 2.59. The second-order valence-corrected chi connectivity index (χ2v) is 6.92. The zero-order valence-electron chi connectivity index (χ0n) is 11.5. The Kier molecular flexibility index (Phi) is 4.00. The minimum absolute atomic E-state index is 0.0631. The Morgan fingerprint density at radius 1 is 1.48 bits per heavy atom. The van der Waals surface area contributed by atoms with Gasteiger partial charge in [-0.15, -0.1) is 0 Å². The lowest BCUT2D eigenvalue weighted by atomic mass is 10.1. The minimum Gasteiger partial charge on any atom is -0.392 e. The summed E-state index contributed by atoms with van der Waals surface area (Å²) >= 11 is 0. The van der Waals surface area contributed by atoms with Crippen LogP contribution in [0.5, 0.6) is 0 Å². The van der Waals surface area contributed by atoms with E-state index in [1.165, 1.54) is 13.8 Å². The molecular formula is C12H15FN2O5S. The molecule has 7 nitrogen and oxygen atoms in total. The Labute approximate surface area is 121 Å². The summed E-state index contributed by atoms with van der Waals surface area (Å²) in [5.41, 5.74) is -0.949. The maximum atomic E-state index is 13.7. The Bertz CT molecular complexity index is 704. The number of aryl methyl sites for hydroxylation is 1. The van der Waals surface area contributed by atoms with E-state index in [4.69, 9.17) is 0 Å². The van der Waals surface area contributed by atoms with E-state index in [0.29, 0.717) is 6.42 Å². The van der Waals surface area contributed by atoms with E-state index in [-0.39, 0.29) is 29.1 Å². The third-order valence-electron chi connectivity index (χ3n) is 3.53. The number of benzene rings is 1. The van der Waals surface area contributed by atoms with E-state index in [1.54, 1.807) is 0 Å². The number of hydrogen-bond acceptors (Lipinski definition) is 5. The molecule has 1 aromatic carbocycles. The van der Waals surface area contributed by atoms with E-state index < -0.39 is 32.6 Å². The van der Waals surface area contributed by atoms with Gasteiger partial charge in [-0.25, -0.2) is 8.42 Å². The van der Waals surface area contributed by atoms with E-state index >= 15 is 0 Å². The summed E-state index contributed by atoms with van der Waals surface area (Å²) < 4.78 is 39.9. The van der Waals surface area contributed by atoms with Gasteiger partial charge in [0.05, 0.1) is 21.5 Å². The second kappa shape index (κ2) is 5.32. The number of halogens is 1. The quantitative estimate of drug-likeness (QED) is 0.664. The van der Waals surface area contributed by atoms with Crippen LogP contribution in [0.2, 0.25) is 0 Å². The molecule has 0 saturated carbocycles. The van der Waals surface area contributed by atoms with Crippen molar-refractivity contribution in [3.8, 4) is 0 Å². The average Bonchev–Trinajstić information content (AvgIpc) is 2.74. The molecule has 1 aliphatic rings. The van der Waals surface area contributed by atoms with Gasteiger partial charge in [-0.05, 0) is 31.9 Å². The van der Waals surface area contributed by atoms with E-state index in [1.807, 2.05) is 0 Å². The van der Waals surface area contributed by atoms with Gasteiger partial charge in [0.2, 0.25) is 15.8 Å². The van der Waals surface area contributed by atoms with Gasteiger partial charge in [0.15, 0.2) is 0 Å². The standard InChI is InChI=1S/C12H15FN2O5S/c1-7-5-10(13)11(15(17)18)8(2)12(7)21(19,20)14-4-3-9(16)6-14/h5,9,16H,3-4,6H2,1-2H3. The SMILES string of the molecule is Cc1cc(F)c([N+](=O)[O-])c(C)c1S(=O)(=O)N1CCC(O)C1. The first kappa shape index (κ1) is 15.8. The van der Waals surface area contributed by atoms with Crippen LogP contribution in [0.25, 0.3) is 0 Å². The molecule has 1 heterocycles. The fourth-order valence-corrected chi connectivity index (χ4v) is 4.51. The number of rotatable bonds is 3. The largest absolute Gasteiger partial charge is 0.392 e. The summed E-state index contributed by atoms with van der Waals surface area (Å²) in [7, 11) is -4.00. The number of nitrogens with zero attached hydrogens (tertiary/aromatic N) is 2. The average molecular weight is 318 g/mol. The highest BCUT2D eigenvalue weighted by molar-refractivity contribution is 7.89. The molecule has 1 aromatic rings. The van der Waals surface area contributed by atoms with Crippen LogP contribution in [0.4, 0.5) is 10.1 Å². The van der Waals surface area contributed by atoms with E-state index in [0.717, 1.165) is 10.4 Å². The molecule has 0 aromatic heterocycles. The Morgan fingerprint density at radius 2 is 2.10 bits per heavy atom. The molecule has 1 N–H and O–H groups in total. The van der Waals surface area contributed by atoms with Gasteiger partial charge in [0, 0.05) is 13.1 Å². The molecule has 116 valence electrons. The summed E-state index contributed by atoms with van der Waals surface area (Å²) in [4.78, 5) is 9.74. The molecule has 0 spiro atoms. The maximum absolute atomic E-state index is 13.7. The van der Waals surface area contributed by atoms with Crippen molar-refractivity contribution in [2.24, 2.45) is 0 Å². The van der Waals surface area contributed by atoms with Crippen molar-refractivity contribution < 1.29 is 22.8 Å².